The van der Waals surface area contributed by atoms with Crippen LogP contribution in [-0.2, 0) is 30.2 Å². The Kier molecular flexibility index (Phi) is 15.7. The van der Waals surface area contributed by atoms with Crippen LogP contribution in [0.3, 0.4) is 0 Å². The molecule has 43 heavy (non-hydrogen) atoms. The van der Waals surface area contributed by atoms with Gasteiger partial charge in [0.15, 0.2) is 11.5 Å². The lowest BCUT2D eigenvalue weighted by atomic mass is 9.86. The van der Waals surface area contributed by atoms with Crippen molar-refractivity contribution in [3.8, 4) is 11.5 Å². The second kappa shape index (κ2) is 18.9. The summed E-state index contributed by atoms with van der Waals surface area (Å²) in [5.74, 6) is -1.61. The molecule has 0 heterocycles. The monoisotopic (exact) mass is 609 g/mol. The summed E-state index contributed by atoms with van der Waals surface area (Å²) in [6.45, 7) is 5.89. The van der Waals surface area contributed by atoms with Crippen LogP contribution in [-0.4, -0.2) is 60.5 Å². The van der Waals surface area contributed by atoms with Gasteiger partial charge in [-0.25, -0.2) is 14.4 Å². The summed E-state index contributed by atoms with van der Waals surface area (Å²) in [7, 11) is 0. The number of ether oxygens (including phenoxy) is 6. The molecule has 242 valence electrons. The molecule has 1 fully saturated rings. The van der Waals surface area contributed by atoms with Crippen LogP contribution in [0.1, 0.15) is 103 Å². The standard InChI is InChI=1S/C31H47NO11/c1-4-6-11-17-38-28(35)42-25-16-15-23(19-26(25)43-29(36)39-18-12-7-5-2)21-31(32,27(33)34)20-22(3)40-30(37)41-24-13-9-8-10-14-24/h15-16,19,22,24H,4-14,17-18,20-21,32H2,1-3H3,(H,33,34)/t22-,31?/m0/s1. The van der Waals surface area contributed by atoms with Crippen LogP contribution in [0.4, 0.5) is 14.4 Å². The Hall–Kier alpha value is -3.54. The van der Waals surface area contributed by atoms with Crippen LogP contribution in [0.25, 0.3) is 0 Å². The molecule has 0 radical (unpaired) electrons. The summed E-state index contributed by atoms with van der Waals surface area (Å²) in [6.07, 6.45) is 5.20. The number of aliphatic carboxylic acids is 1. The Morgan fingerprint density at radius 1 is 0.884 bits per heavy atom. The number of hydrogen-bond donors (Lipinski definition) is 2. The van der Waals surface area contributed by atoms with Gasteiger partial charge in [0.05, 0.1) is 13.2 Å². The molecule has 1 saturated carbocycles. The zero-order valence-corrected chi connectivity index (χ0v) is 25.6. The minimum absolute atomic E-state index is 0.116. The van der Waals surface area contributed by atoms with Crippen molar-refractivity contribution >= 4 is 24.4 Å². The van der Waals surface area contributed by atoms with E-state index in [4.69, 9.17) is 34.2 Å². The lowest BCUT2D eigenvalue weighted by molar-refractivity contribution is -0.144. The van der Waals surface area contributed by atoms with E-state index in [1.807, 2.05) is 13.8 Å². The van der Waals surface area contributed by atoms with Crippen molar-refractivity contribution in [3.63, 3.8) is 0 Å². The van der Waals surface area contributed by atoms with Crippen molar-refractivity contribution in [2.24, 2.45) is 5.73 Å². The van der Waals surface area contributed by atoms with E-state index >= 15 is 0 Å². The summed E-state index contributed by atoms with van der Waals surface area (Å²) in [5, 5.41) is 10.00. The highest BCUT2D eigenvalue weighted by Gasteiger charge is 2.37. The van der Waals surface area contributed by atoms with E-state index in [1.54, 1.807) is 6.92 Å². The Morgan fingerprint density at radius 2 is 1.47 bits per heavy atom. The van der Waals surface area contributed by atoms with Crippen molar-refractivity contribution < 1.29 is 52.7 Å². The predicted molar refractivity (Wildman–Crippen MR) is 156 cm³/mol. The molecule has 3 N–H and O–H groups in total. The summed E-state index contributed by atoms with van der Waals surface area (Å²) in [6, 6.07) is 4.19. The number of unbranched alkanes of at least 4 members (excludes halogenated alkanes) is 4. The number of nitrogens with two attached hydrogens (primary N) is 1. The molecule has 0 spiro atoms. The number of benzene rings is 1. The number of rotatable bonds is 17. The Balaban J connectivity index is 2.13. The van der Waals surface area contributed by atoms with Gasteiger partial charge in [0.2, 0.25) is 0 Å². The molecule has 1 aromatic rings. The van der Waals surface area contributed by atoms with Gasteiger partial charge in [-0.15, -0.1) is 0 Å². The Bertz CT molecular complexity index is 1040. The van der Waals surface area contributed by atoms with Gasteiger partial charge in [0, 0.05) is 12.8 Å². The highest BCUT2D eigenvalue weighted by molar-refractivity contribution is 5.79. The van der Waals surface area contributed by atoms with Crippen molar-refractivity contribution in [2.45, 2.75) is 122 Å². The largest absolute Gasteiger partial charge is 0.513 e. The molecule has 1 aliphatic carbocycles. The molecule has 1 aromatic carbocycles. The van der Waals surface area contributed by atoms with Crippen LogP contribution in [0.5, 0.6) is 11.5 Å². The number of carbonyl (C=O) groups excluding carboxylic acids is 3. The second-order valence-electron chi connectivity index (χ2n) is 11.0. The van der Waals surface area contributed by atoms with Gasteiger partial charge in [-0.05, 0) is 63.1 Å². The minimum Gasteiger partial charge on any atom is -0.480 e. The molecular weight excluding hydrogens is 562 g/mol. The lowest BCUT2D eigenvalue weighted by Crippen LogP contribution is -2.52. The number of carboxylic acids is 1. The third-order valence-corrected chi connectivity index (χ3v) is 7.04. The molecular formula is C31H47NO11. The van der Waals surface area contributed by atoms with Gasteiger partial charge in [-0.2, -0.15) is 0 Å². The summed E-state index contributed by atoms with van der Waals surface area (Å²) >= 11 is 0. The molecule has 0 saturated heterocycles. The zero-order chi connectivity index (χ0) is 31.7. The van der Waals surface area contributed by atoms with Crippen molar-refractivity contribution in [3.05, 3.63) is 23.8 Å². The highest BCUT2D eigenvalue weighted by atomic mass is 16.7. The van der Waals surface area contributed by atoms with Crippen LogP contribution in [0.2, 0.25) is 0 Å². The van der Waals surface area contributed by atoms with E-state index in [9.17, 15) is 24.3 Å². The van der Waals surface area contributed by atoms with Crippen LogP contribution in [0.15, 0.2) is 18.2 Å². The first kappa shape index (κ1) is 35.7. The third kappa shape index (κ3) is 13.5. The van der Waals surface area contributed by atoms with Gasteiger partial charge in [0.25, 0.3) is 0 Å². The summed E-state index contributed by atoms with van der Waals surface area (Å²) in [4.78, 5) is 49.1. The fraction of sp³-hybridized carbons (Fsp3) is 0.677. The molecule has 0 amide bonds. The third-order valence-electron chi connectivity index (χ3n) is 7.04. The molecule has 0 bridgehead atoms. The molecule has 1 unspecified atom stereocenters. The minimum atomic E-state index is -1.86. The highest BCUT2D eigenvalue weighted by Crippen LogP contribution is 2.32. The van der Waals surface area contributed by atoms with Crippen molar-refractivity contribution in [2.75, 3.05) is 13.2 Å². The second-order valence-corrected chi connectivity index (χ2v) is 11.0. The van der Waals surface area contributed by atoms with Gasteiger partial charge in [0.1, 0.15) is 17.7 Å². The zero-order valence-electron chi connectivity index (χ0n) is 25.6. The van der Waals surface area contributed by atoms with E-state index in [2.05, 4.69) is 0 Å². The van der Waals surface area contributed by atoms with E-state index in [0.717, 1.165) is 57.8 Å². The number of carboxylic acid groups (broad SMARTS) is 1. The van der Waals surface area contributed by atoms with E-state index in [0.29, 0.717) is 18.4 Å². The molecule has 2 atom stereocenters. The van der Waals surface area contributed by atoms with Crippen molar-refractivity contribution in [1.82, 2.24) is 0 Å². The van der Waals surface area contributed by atoms with E-state index in [1.165, 1.54) is 18.2 Å². The molecule has 0 aliphatic heterocycles. The van der Waals surface area contributed by atoms with Gasteiger partial charge in [-0.1, -0.05) is 52.0 Å². The van der Waals surface area contributed by atoms with Crippen molar-refractivity contribution in [1.29, 1.82) is 0 Å². The number of hydrogen-bond acceptors (Lipinski definition) is 11. The van der Waals surface area contributed by atoms with Gasteiger partial charge < -0.3 is 39.3 Å². The normalized spacial score (nSPS) is 15.4. The maximum Gasteiger partial charge on any atom is 0.513 e. The Morgan fingerprint density at radius 3 is 2.02 bits per heavy atom. The molecule has 12 nitrogen and oxygen atoms in total. The topological polar surface area (TPSA) is 170 Å². The predicted octanol–water partition coefficient (Wildman–Crippen LogP) is 6.69. The summed E-state index contributed by atoms with van der Waals surface area (Å²) in [5.41, 5.74) is 4.81. The first-order valence-corrected chi connectivity index (χ1v) is 15.3. The Labute approximate surface area is 253 Å². The van der Waals surface area contributed by atoms with E-state index < -0.39 is 36.1 Å². The van der Waals surface area contributed by atoms with Gasteiger partial charge >= 0.3 is 24.4 Å². The molecule has 12 heteroatoms. The average Bonchev–Trinajstić information content (AvgIpc) is 2.95. The first-order chi connectivity index (χ1) is 20.6. The number of carbonyl (C=O) groups is 4. The maximum absolute atomic E-state index is 12.4. The molecule has 1 aliphatic rings. The SMILES string of the molecule is CCCCCOC(=O)Oc1ccc(CC(N)(C[C@H](C)OC(=O)OC2CCCCC2)C(=O)O)cc1OC(=O)OCCCCC. The molecule has 2 rings (SSSR count). The fourth-order valence-corrected chi connectivity index (χ4v) is 4.75. The first-order valence-electron chi connectivity index (χ1n) is 15.3. The van der Waals surface area contributed by atoms with Crippen LogP contribution in [0, 0.1) is 0 Å². The average molecular weight is 610 g/mol. The van der Waals surface area contributed by atoms with Crippen LogP contribution < -0.4 is 15.2 Å². The molecule has 0 aromatic heterocycles. The quantitative estimate of drug-likeness (QED) is 0.0831. The van der Waals surface area contributed by atoms with Gasteiger partial charge in [-0.3, -0.25) is 4.79 Å². The smallest absolute Gasteiger partial charge is 0.480 e. The summed E-state index contributed by atoms with van der Waals surface area (Å²) < 4.78 is 31.5. The fourth-order valence-electron chi connectivity index (χ4n) is 4.75. The lowest BCUT2D eigenvalue weighted by Gasteiger charge is -2.28. The van der Waals surface area contributed by atoms with Crippen LogP contribution >= 0.6 is 0 Å². The van der Waals surface area contributed by atoms with E-state index in [-0.39, 0.29) is 43.7 Å². The maximum atomic E-state index is 12.4.